The van der Waals surface area contributed by atoms with Crippen molar-refractivity contribution in [2.24, 2.45) is 11.7 Å². The number of aromatic nitrogens is 1. The molecule has 1 atom stereocenters. The van der Waals surface area contributed by atoms with Crippen LogP contribution in [0.1, 0.15) is 35.1 Å². The van der Waals surface area contributed by atoms with Gasteiger partial charge in [-0.05, 0) is 44.1 Å². The molecule has 3 rings (SSSR count). The summed E-state index contributed by atoms with van der Waals surface area (Å²) in [4.78, 5) is 21.2. The zero-order valence-electron chi connectivity index (χ0n) is 13.7. The van der Waals surface area contributed by atoms with Crippen molar-refractivity contribution in [2.45, 2.75) is 32.7 Å². The van der Waals surface area contributed by atoms with Crippen molar-refractivity contribution in [3.63, 3.8) is 0 Å². The zero-order valence-corrected chi connectivity index (χ0v) is 17.0. The van der Waals surface area contributed by atoms with Gasteiger partial charge < -0.3 is 10.6 Å². The Balaban J connectivity index is 0.00000144. The van der Waals surface area contributed by atoms with E-state index in [0.717, 1.165) is 46.4 Å². The van der Waals surface area contributed by atoms with Crippen molar-refractivity contribution < 1.29 is 4.79 Å². The molecule has 8 heteroatoms. The van der Waals surface area contributed by atoms with Crippen LogP contribution in [0.3, 0.4) is 0 Å². The summed E-state index contributed by atoms with van der Waals surface area (Å²) in [7, 11) is 0. The van der Waals surface area contributed by atoms with Crippen LogP contribution in [0, 0.1) is 12.8 Å². The molecule has 134 valence electrons. The Morgan fingerprint density at radius 2 is 2.04 bits per heavy atom. The molecular formula is C16H23Cl2N3OS2. The predicted octanol–water partition coefficient (Wildman–Crippen LogP) is 4.22. The lowest BCUT2D eigenvalue weighted by Crippen LogP contribution is -2.42. The molecule has 1 saturated heterocycles. The van der Waals surface area contributed by atoms with E-state index >= 15 is 0 Å². The van der Waals surface area contributed by atoms with Crippen molar-refractivity contribution in [2.75, 3.05) is 13.1 Å². The van der Waals surface area contributed by atoms with Gasteiger partial charge in [-0.3, -0.25) is 4.79 Å². The molecule has 1 aliphatic heterocycles. The van der Waals surface area contributed by atoms with Crippen LogP contribution in [0.25, 0.3) is 9.88 Å². The summed E-state index contributed by atoms with van der Waals surface area (Å²) in [5.41, 5.74) is 6.81. The van der Waals surface area contributed by atoms with Crippen molar-refractivity contribution in [1.82, 2.24) is 9.88 Å². The number of thiazole rings is 1. The van der Waals surface area contributed by atoms with Crippen LogP contribution >= 0.6 is 47.5 Å². The van der Waals surface area contributed by atoms with Gasteiger partial charge in [0.05, 0.1) is 10.6 Å². The number of nitrogens with two attached hydrogens (primary N) is 1. The van der Waals surface area contributed by atoms with Crippen molar-refractivity contribution >= 4 is 53.4 Å². The molecular weight excluding hydrogens is 385 g/mol. The molecule has 4 nitrogen and oxygen atoms in total. The molecule has 1 fully saturated rings. The third-order valence-corrected chi connectivity index (χ3v) is 6.48. The molecule has 0 spiro atoms. The lowest BCUT2D eigenvalue weighted by Gasteiger charge is -2.33. The number of likely N-dealkylation sites (tertiary alicyclic amines) is 1. The SMILES string of the molecule is Cc1nc(-c2cccs2)sc1C(=O)N1CCC(C(C)N)CC1.Cl.Cl. The number of carbonyl (C=O) groups excluding carboxylic acids is 1. The van der Waals surface area contributed by atoms with Gasteiger partial charge in [-0.15, -0.1) is 47.5 Å². The topological polar surface area (TPSA) is 59.2 Å². The van der Waals surface area contributed by atoms with Gasteiger partial charge in [0, 0.05) is 19.1 Å². The van der Waals surface area contributed by atoms with Gasteiger partial charge in [-0.2, -0.15) is 0 Å². The second-order valence-electron chi connectivity index (χ2n) is 5.90. The minimum Gasteiger partial charge on any atom is -0.338 e. The number of hydrogen-bond donors (Lipinski definition) is 1. The minimum atomic E-state index is 0. The van der Waals surface area contributed by atoms with Gasteiger partial charge in [0.15, 0.2) is 0 Å². The molecule has 0 saturated carbocycles. The maximum Gasteiger partial charge on any atom is 0.265 e. The van der Waals surface area contributed by atoms with Gasteiger partial charge in [-0.1, -0.05) is 6.07 Å². The Morgan fingerprint density at radius 1 is 1.38 bits per heavy atom. The molecule has 2 N–H and O–H groups in total. The van der Waals surface area contributed by atoms with E-state index in [1.54, 1.807) is 11.3 Å². The maximum atomic E-state index is 12.7. The Kier molecular flexibility index (Phi) is 8.15. The number of carbonyl (C=O) groups is 1. The monoisotopic (exact) mass is 407 g/mol. The van der Waals surface area contributed by atoms with E-state index in [4.69, 9.17) is 5.73 Å². The summed E-state index contributed by atoms with van der Waals surface area (Å²) >= 11 is 3.17. The summed E-state index contributed by atoms with van der Waals surface area (Å²) < 4.78 is 0. The number of hydrogen-bond acceptors (Lipinski definition) is 5. The van der Waals surface area contributed by atoms with Crippen molar-refractivity contribution in [3.05, 3.63) is 28.1 Å². The minimum absolute atomic E-state index is 0. The number of amides is 1. The first kappa shape index (κ1) is 21.4. The van der Waals surface area contributed by atoms with Gasteiger partial charge in [-0.25, -0.2) is 4.98 Å². The number of rotatable bonds is 3. The van der Waals surface area contributed by atoms with Gasteiger partial charge >= 0.3 is 0 Å². The first-order valence-corrected chi connectivity index (χ1v) is 9.32. The Bertz CT molecular complexity index is 650. The fourth-order valence-corrected chi connectivity index (χ4v) is 4.70. The second-order valence-corrected chi connectivity index (χ2v) is 7.85. The third-order valence-electron chi connectivity index (χ3n) is 4.29. The Hall–Kier alpha value is -0.660. The van der Waals surface area contributed by atoms with Crippen LogP contribution in [0.15, 0.2) is 17.5 Å². The van der Waals surface area contributed by atoms with Crippen LogP contribution in [0.4, 0.5) is 0 Å². The highest BCUT2D eigenvalue weighted by molar-refractivity contribution is 7.22. The second kappa shape index (κ2) is 9.15. The molecule has 1 unspecified atom stereocenters. The summed E-state index contributed by atoms with van der Waals surface area (Å²) in [5.74, 6) is 0.661. The molecule has 2 aromatic heterocycles. The van der Waals surface area contributed by atoms with Crippen LogP contribution < -0.4 is 5.73 Å². The number of aryl methyl sites for hydroxylation is 1. The average molecular weight is 408 g/mol. The van der Waals surface area contributed by atoms with Gasteiger partial charge in [0.2, 0.25) is 0 Å². The Morgan fingerprint density at radius 3 is 2.58 bits per heavy atom. The lowest BCUT2D eigenvalue weighted by atomic mass is 9.91. The van der Waals surface area contributed by atoms with E-state index < -0.39 is 0 Å². The molecule has 3 heterocycles. The highest BCUT2D eigenvalue weighted by atomic mass is 35.5. The molecule has 24 heavy (non-hydrogen) atoms. The number of thiophene rings is 1. The van der Waals surface area contributed by atoms with Crippen molar-refractivity contribution in [3.8, 4) is 9.88 Å². The number of halogens is 2. The normalized spacial score (nSPS) is 16.2. The summed E-state index contributed by atoms with van der Waals surface area (Å²) in [5, 5.41) is 2.98. The maximum absolute atomic E-state index is 12.7. The zero-order chi connectivity index (χ0) is 15.7. The Labute approximate surface area is 163 Å². The van der Waals surface area contributed by atoms with E-state index in [-0.39, 0.29) is 36.8 Å². The van der Waals surface area contributed by atoms with Gasteiger partial charge in [0.25, 0.3) is 5.91 Å². The van der Waals surface area contributed by atoms with Crippen molar-refractivity contribution in [1.29, 1.82) is 0 Å². The molecule has 0 radical (unpaired) electrons. The van der Waals surface area contributed by atoms with Crippen LogP contribution in [0.5, 0.6) is 0 Å². The van der Waals surface area contributed by atoms with Crippen LogP contribution in [-0.4, -0.2) is 34.9 Å². The third kappa shape index (κ3) is 4.49. The van der Waals surface area contributed by atoms with E-state index in [1.165, 1.54) is 11.3 Å². The predicted molar refractivity (Wildman–Crippen MR) is 107 cm³/mol. The van der Waals surface area contributed by atoms with E-state index in [9.17, 15) is 4.79 Å². The number of nitrogens with zero attached hydrogens (tertiary/aromatic N) is 2. The molecule has 1 amide bonds. The quantitative estimate of drug-likeness (QED) is 0.827. The van der Waals surface area contributed by atoms with Gasteiger partial charge in [0.1, 0.15) is 9.88 Å². The van der Waals surface area contributed by atoms with E-state index in [0.29, 0.717) is 5.92 Å². The van der Waals surface area contributed by atoms with Crippen LogP contribution in [0.2, 0.25) is 0 Å². The molecule has 0 aromatic carbocycles. The average Bonchev–Trinajstić information content (AvgIpc) is 3.16. The summed E-state index contributed by atoms with van der Waals surface area (Å²) in [6, 6.07) is 4.27. The molecule has 0 bridgehead atoms. The lowest BCUT2D eigenvalue weighted by molar-refractivity contribution is 0.0685. The summed E-state index contributed by atoms with van der Waals surface area (Å²) in [6.45, 7) is 5.59. The van der Waals surface area contributed by atoms with E-state index in [2.05, 4.69) is 11.9 Å². The molecule has 1 aliphatic rings. The summed E-state index contributed by atoms with van der Waals surface area (Å²) in [6.07, 6.45) is 2.00. The van der Waals surface area contributed by atoms with Crippen LogP contribution in [-0.2, 0) is 0 Å². The smallest absolute Gasteiger partial charge is 0.265 e. The fourth-order valence-electron chi connectivity index (χ4n) is 2.87. The molecule has 0 aliphatic carbocycles. The highest BCUT2D eigenvalue weighted by Gasteiger charge is 2.27. The first-order valence-electron chi connectivity index (χ1n) is 7.62. The molecule has 2 aromatic rings. The standard InChI is InChI=1S/C16H21N3OS2.2ClH/c1-10(17)12-5-7-19(8-6-12)16(20)14-11(2)18-15(22-14)13-4-3-9-21-13;;/h3-4,9-10,12H,5-8,17H2,1-2H3;2*1H. The van der Waals surface area contributed by atoms with E-state index in [1.807, 2.05) is 29.3 Å². The number of piperidine rings is 1. The largest absolute Gasteiger partial charge is 0.338 e. The first-order chi connectivity index (χ1) is 10.6. The fraction of sp³-hybridized carbons (Fsp3) is 0.500. The highest BCUT2D eigenvalue weighted by Crippen LogP contribution is 2.32.